The van der Waals surface area contributed by atoms with Crippen molar-refractivity contribution in [3.05, 3.63) is 89.2 Å². The largest absolute Gasteiger partial charge is 0.488 e. The maximum absolute atomic E-state index is 13.2. The van der Waals surface area contributed by atoms with E-state index in [-0.39, 0.29) is 30.5 Å². The number of halogens is 1. The lowest BCUT2D eigenvalue weighted by Gasteiger charge is -2.26. The van der Waals surface area contributed by atoms with Gasteiger partial charge in [-0.05, 0) is 42.0 Å². The number of fused-ring (bicyclic) bond motifs is 1. The van der Waals surface area contributed by atoms with Crippen molar-refractivity contribution in [2.45, 2.75) is 6.61 Å². The molecule has 4 amide bonds. The van der Waals surface area contributed by atoms with Crippen LogP contribution in [0.3, 0.4) is 0 Å². The molecule has 3 aromatic rings. The number of hydrogen-bond acceptors (Lipinski definition) is 6. The normalized spacial score (nSPS) is 16.1. The minimum Gasteiger partial charge on any atom is -0.488 e. The Labute approximate surface area is 193 Å². The van der Waals surface area contributed by atoms with E-state index in [0.29, 0.717) is 22.8 Å². The number of nitrogens with zero attached hydrogens (tertiary/aromatic N) is 1. The minimum absolute atomic E-state index is 0.0390. The fourth-order valence-corrected chi connectivity index (χ4v) is 3.54. The van der Waals surface area contributed by atoms with Gasteiger partial charge in [-0.3, -0.25) is 14.9 Å². The maximum atomic E-state index is 13.2. The molecule has 170 valence electrons. The van der Waals surface area contributed by atoms with Crippen LogP contribution < -0.4 is 24.4 Å². The van der Waals surface area contributed by atoms with Crippen LogP contribution >= 0.6 is 0 Å². The molecule has 2 heterocycles. The molecule has 1 N–H and O–H groups in total. The quantitative estimate of drug-likeness (QED) is 0.460. The van der Waals surface area contributed by atoms with Crippen LogP contribution in [-0.2, 0) is 16.2 Å². The second-order valence-electron chi connectivity index (χ2n) is 7.45. The number of ether oxygens (including phenoxy) is 3. The zero-order valence-corrected chi connectivity index (χ0v) is 17.6. The highest BCUT2D eigenvalue weighted by atomic mass is 19.1. The first-order chi connectivity index (χ1) is 16.5. The molecule has 0 atom stereocenters. The lowest BCUT2D eigenvalue weighted by molar-refractivity contribution is -0.122. The van der Waals surface area contributed by atoms with Crippen LogP contribution in [0.15, 0.2) is 72.3 Å². The van der Waals surface area contributed by atoms with E-state index in [1.54, 1.807) is 42.5 Å². The van der Waals surface area contributed by atoms with Crippen LogP contribution in [0.2, 0.25) is 0 Å². The predicted octanol–water partition coefficient (Wildman–Crippen LogP) is 3.80. The minimum atomic E-state index is -0.869. The highest BCUT2D eigenvalue weighted by Gasteiger charge is 2.37. The molecule has 0 radical (unpaired) electrons. The standard InChI is InChI=1S/C25H17FN2O6/c26-17-7-5-15(6-8-17)13-32-20-4-2-1-3-16(20)11-19-23(29)27-25(31)28(24(19)30)18-9-10-21-22(12-18)34-14-33-21/h1-12H,13-14H2,(H,27,29,31). The average molecular weight is 460 g/mol. The summed E-state index contributed by atoms with van der Waals surface area (Å²) in [5, 5.41) is 2.19. The number of hydrogen-bond donors (Lipinski definition) is 1. The van der Waals surface area contributed by atoms with Gasteiger partial charge in [0.1, 0.15) is 23.7 Å². The fourth-order valence-electron chi connectivity index (χ4n) is 3.54. The summed E-state index contributed by atoms with van der Waals surface area (Å²) in [4.78, 5) is 39.1. The van der Waals surface area contributed by atoms with Crippen molar-refractivity contribution >= 4 is 29.6 Å². The third-order valence-corrected chi connectivity index (χ3v) is 5.24. The van der Waals surface area contributed by atoms with Gasteiger partial charge in [0.2, 0.25) is 6.79 Å². The van der Waals surface area contributed by atoms with Crippen LogP contribution in [-0.4, -0.2) is 24.6 Å². The van der Waals surface area contributed by atoms with Gasteiger partial charge in [0.15, 0.2) is 11.5 Å². The van der Waals surface area contributed by atoms with Crippen molar-refractivity contribution in [3.63, 3.8) is 0 Å². The summed E-state index contributed by atoms with van der Waals surface area (Å²) in [6.45, 7) is 0.194. The number of carbonyl (C=O) groups excluding carboxylic acids is 3. The monoisotopic (exact) mass is 460 g/mol. The number of barbiturate groups is 1. The van der Waals surface area contributed by atoms with Crippen LogP contribution in [0.5, 0.6) is 17.2 Å². The Hall–Kier alpha value is -4.66. The van der Waals surface area contributed by atoms with Gasteiger partial charge >= 0.3 is 6.03 Å². The predicted molar refractivity (Wildman–Crippen MR) is 119 cm³/mol. The molecule has 0 aromatic heterocycles. The van der Waals surface area contributed by atoms with Gasteiger partial charge < -0.3 is 14.2 Å². The van der Waals surface area contributed by atoms with Gasteiger partial charge in [-0.15, -0.1) is 0 Å². The second kappa shape index (κ2) is 8.70. The highest BCUT2D eigenvalue weighted by Crippen LogP contribution is 2.36. The number of rotatable bonds is 5. The number of amides is 4. The van der Waals surface area contributed by atoms with Crippen LogP contribution in [0.25, 0.3) is 6.08 Å². The van der Waals surface area contributed by atoms with Crippen LogP contribution in [0, 0.1) is 5.82 Å². The molecule has 0 unspecified atom stereocenters. The Kier molecular flexibility index (Phi) is 5.43. The van der Waals surface area contributed by atoms with Gasteiger partial charge in [-0.1, -0.05) is 30.3 Å². The van der Waals surface area contributed by atoms with Crippen molar-refractivity contribution in [3.8, 4) is 17.2 Å². The van der Waals surface area contributed by atoms with E-state index in [9.17, 15) is 18.8 Å². The third-order valence-electron chi connectivity index (χ3n) is 5.24. The first-order valence-corrected chi connectivity index (χ1v) is 10.3. The highest BCUT2D eigenvalue weighted by molar-refractivity contribution is 6.39. The molecular weight excluding hydrogens is 443 g/mol. The summed E-state index contributed by atoms with van der Waals surface area (Å²) in [6.07, 6.45) is 1.37. The summed E-state index contributed by atoms with van der Waals surface area (Å²) >= 11 is 0. The van der Waals surface area contributed by atoms with Crippen molar-refractivity contribution in [2.75, 3.05) is 11.7 Å². The summed E-state index contributed by atoms with van der Waals surface area (Å²) < 4.78 is 29.6. The van der Waals surface area contributed by atoms with Gasteiger partial charge in [-0.2, -0.15) is 0 Å². The Balaban J connectivity index is 1.43. The van der Waals surface area contributed by atoms with Crippen molar-refractivity contribution in [2.24, 2.45) is 0 Å². The lowest BCUT2D eigenvalue weighted by atomic mass is 10.1. The maximum Gasteiger partial charge on any atom is 0.335 e. The first-order valence-electron chi connectivity index (χ1n) is 10.3. The molecule has 2 aliphatic heterocycles. The Morgan fingerprint density at radius 1 is 0.971 bits per heavy atom. The number of nitrogens with one attached hydrogen (secondary N) is 1. The Morgan fingerprint density at radius 2 is 1.74 bits per heavy atom. The van der Waals surface area contributed by atoms with E-state index in [0.717, 1.165) is 10.5 Å². The average Bonchev–Trinajstić information content (AvgIpc) is 3.30. The summed E-state index contributed by atoms with van der Waals surface area (Å²) in [5.41, 5.74) is 1.19. The van der Waals surface area contributed by atoms with Gasteiger partial charge in [-0.25, -0.2) is 14.1 Å². The molecule has 0 aliphatic carbocycles. The number of urea groups is 1. The molecule has 0 saturated carbocycles. The number of imide groups is 2. The molecule has 1 fully saturated rings. The van der Waals surface area contributed by atoms with Crippen LogP contribution in [0.1, 0.15) is 11.1 Å². The first kappa shape index (κ1) is 21.2. The molecule has 0 bridgehead atoms. The molecular formula is C25H17FN2O6. The summed E-state index contributed by atoms with van der Waals surface area (Å²) in [6, 6.07) is 16.4. The number of benzene rings is 3. The van der Waals surface area contributed by atoms with E-state index in [1.165, 1.54) is 30.3 Å². The number of carbonyl (C=O) groups is 3. The van der Waals surface area contributed by atoms with E-state index < -0.39 is 17.8 Å². The van der Waals surface area contributed by atoms with Gasteiger partial charge in [0.25, 0.3) is 11.8 Å². The lowest BCUT2D eigenvalue weighted by Crippen LogP contribution is -2.54. The summed E-state index contributed by atoms with van der Waals surface area (Å²) in [5.74, 6) is -0.669. The zero-order valence-electron chi connectivity index (χ0n) is 17.6. The molecule has 3 aromatic carbocycles. The number of anilines is 1. The Morgan fingerprint density at radius 3 is 2.56 bits per heavy atom. The van der Waals surface area contributed by atoms with E-state index >= 15 is 0 Å². The van der Waals surface area contributed by atoms with Crippen molar-refractivity contribution in [1.82, 2.24) is 5.32 Å². The topological polar surface area (TPSA) is 94.2 Å². The fraction of sp³-hybridized carbons (Fsp3) is 0.0800. The molecule has 0 spiro atoms. The SMILES string of the molecule is O=C1NC(=O)N(c2ccc3c(c2)OCO3)C(=O)C1=Cc1ccccc1OCc1ccc(F)cc1. The Bertz CT molecular complexity index is 1340. The van der Waals surface area contributed by atoms with E-state index in [2.05, 4.69) is 5.32 Å². The second-order valence-corrected chi connectivity index (χ2v) is 7.45. The van der Waals surface area contributed by atoms with Crippen LogP contribution in [0.4, 0.5) is 14.9 Å². The molecule has 2 aliphatic rings. The molecule has 1 saturated heterocycles. The van der Waals surface area contributed by atoms with Crippen molar-refractivity contribution in [1.29, 1.82) is 0 Å². The van der Waals surface area contributed by atoms with Crippen molar-refractivity contribution < 1.29 is 33.0 Å². The van der Waals surface area contributed by atoms with Gasteiger partial charge in [0, 0.05) is 11.6 Å². The molecule has 34 heavy (non-hydrogen) atoms. The summed E-state index contributed by atoms with van der Waals surface area (Å²) in [7, 11) is 0. The molecule has 9 heteroatoms. The zero-order chi connectivity index (χ0) is 23.7. The smallest absolute Gasteiger partial charge is 0.335 e. The van der Waals surface area contributed by atoms with E-state index in [4.69, 9.17) is 14.2 Å². The number of para-hydroxylation sites is 1. The molecule has 8 nitrogen and oxygen atoms in total. The van der Waals surface area contributed by atoms with E-state index in [1.807, 2.05) is 0 Å². The van der Waals surface area contributed by atoms with Gasteiger partial charge in [0.05, 0.1) is 5.69 Å². The molecule has 5 rings (SSSR count). The third kappa shape index (κ3) is 4.06.